The standard InChI is InChI=1S/C23H14FN3O4S/c24-13-7-9-14(10-8-13)25-23(29)21-20(15-4-1-2-5-17(15)30-21)26-22(28)16-12-18(31-27-16)19-6-3-11-32-19/h1-12H,(H,25,29)(H,26,28). The summed E-state index contributed by atoms with van der Waals surface area (Å²) in [5.74, 6) is -1.20. The highest BCUT2D eigenvalue weighted by molar-refractivity contribution is 7.13. The van der Waals surface area contributed by atoms with Crippen molar-refractivity contribution in [3.05, 3.63) is 89.4 Å². The zero-order valence-electron chi connectivity index (χ0n) is 16.3. The van der Waals surface area contributed by atoms with Crippen LogP contribution in [0.2, 0.25) is 0 Å². The summed E-state index contributed by atoms with van der Waals surface area (Å²) in [4.78, 5) is 26.6. The van der Waals surface area contributed by atoms with E-state index in [0.717, 1.165) is 4.88 Å². The number of fused-ring (bicyclic) bond motifs is 1. The van der Waals surface area contributed by atoms with Gasteiger partial charge in [-0.15, -0.1) is 11.3 Å². The molecule has 0 bridgehead atoms. The Morgan fingerprint density at radius 3 is 2.53 bits per heavy atom. The number of para-hydroxylation sites is 1. The van der Waals surface area contributed by atoms with Crippen LogP contribution in [0.3, 0.4) is 0 Å². The molecule has 3 heterocycles. The number of hydrogen-bond acceptors (Lipinski definition) is 6. The van der Waals surface area contributed by atoms with Crippen LogP contribution in [0.5, 0.6) is 0 Å². The summed E-state index contributed by atoms with van der Waals surface area (Å²) < 4.78 is 24.1. The van der Waals surface area contributed by atoms with E-state index < -0.39 is 17.6 Å². The largest absolute Gasteiger partial charge is 0.449 e. The van der Waals surface area contributed by atoms with Crippen LogP contribution in [0.4, 0.5) is 15.8 Å². The lowest BCUT2D eigenvalue weighted by Gasteiger charge is -2.06. The van der Waals surface area contributed by atoms with Crippen molar-refractivity contribution in [1.82, 2.24) is 5.16 Å². The van der Waals surface area contributed by atoms with E-state index in [4.69, 9.17) is 8.94 Å². The van der Waals surface area contributed by atoms with Crippen LogP contribution in [0.1, 0.15) is 21.0 Å². The molecule has 2 amide bonds. The first-order valence-corrected chi connectivity index (χ1v) is 10.4. The van der Waals surface area contributed by atoms with Crippen molar-refractivity contribution in [2.45, 2.75) is 0 Å². The first-order valence-electron chi connectivity index (χ1n) is 9.49. The van der Waals surface area contributed by atoms with Gasteiger partial charge >= 0.3 is 0 Å². The average molecular weight is 447 g/mol. The van der Waals surface area contributed by atoms with Gasteiger partial charge in [0.1, 0.15) is 17.1 Å². The number of halogens is 1. The van der Waals surface area contributed by atoms with Crippen LogP contribution < -0.4 is 10.6 Å². The second kappa shape index (κ2) is 8.12. The van der Waals surface area contributed by atoms with Crippen LogP contribution in [-0.2, 0) is 0 Å². The monoisotopic (exact) mass is 447 g/mol. The van der Waals surface area contributed by atoms with Gasteiger partial charge in [0.05, 0.1) is 4.88 Å². The van der Waals surface area contributed by atoms with Crippen LogP contribution in [0.25, 0.3) is 21.6 Å². The van der Waals surface area contributed by atoms with Crippen LogP contribution in [-0.4, -0.2) is 17.0 Å². The number of amides is 2. The Morgan fingerprint density at radius 2 is 1.75 bits per heavy atom. The number of anilines is 2. The fourth-order valence-electron chi connectivity index (χ4n) is 3.15. The zero-order valence-corrected chi connectivity index (χ0v) is 17.1. The highest BCUT2D eigenvalue weighted by Crippen LogP contribution is 2.32. The summed E-state index contributed by atoms with van der Waals surface area (Å²) in [6.07, 6.45) is 0. The Morgan fingerprint density at radius 1 is 0.938 bits per heavy atom. The molecule has 7 nitrogen and oxygen atoms in total. The molecule has 0 unspecified atom stereocenters. The van der Waals surface area contributed by atoms with E-state index >= 15 is 0 Å². The van der Waals surface area contributed by atoms with Crippen LogP contribution in [0, 0.1) is 5.82 Å². The maximum absolute atomic E-state index is 13.2. The number of rotatable bonds is 5. The highest BCUT2D eigenvalue weighted by atomic mass is 32.1. The molecule has 2 N–H and O–H groups in total. The third-order valence-electron chi connectivity index (χ3n) is 4.65. The second-order valence-corrected chi connectivity index (χ2v) is 7.72. The van der Waals surface area contributed by atoms with Gasteiger partial charge in [-0.25, -0.2) is 4.39 Å². The first-order chi connectivity index (χ1) is 15.6. The first kappa shape index (κ1) is 19.7. The molecule has 5 rings (SSSR count). The van der Waals surface area contributed by atoms with E-state index in [0.29, 0.717) is 22.4 Å². The van der Waals surface area contributed by atoms with Gasteiger partial charge in [-0.05, 0) is 47.8 Å². The summed E-state index contributed by atoms with van der Waals surface area (Å²) in [6.45, 7) is 0. The number of nitrogens with one attached hydrogen (secondary N) is 2. The van der Waals surface area contributed by atoms with E-state index in [1.807, 2.05) is 17.5 Å². The molecule has 158 valence electrons. The number of furan rings is 1. The summed E-state index contributed by atoms with van der Waals surface area (Å²) >= 11 is 1.46. The zero-order chi connectivity index (χ0) is 22.1. The molecular weight excluding hydrogens is 433 g/mol. The minimum Gasteiger partial charge on any atom is -0.449 e. The third kappa shape index (κ3) is 3.77. The van der Waals surface area contributed by atoms with Gasteiger partial charge in [0.2, 0.25) is 5.76 Å². The SMILES string of the molecule is O=C(Nc1c(C(=O)Nc2ccc(F)cc2)oc2ccccc12)c1cc(-c2cccs2)on1. The maximum Gasteiger partial charge on any atom is 0.293 e. The number of carbonyl (C=O) groups is 2. The fourth-order valence-corrected chi connectivity index (χ4v) is 3.82. The molecule has 0 saturated heterocycles. The maximum atomic E-state index is 13.2. The topological polar surface area (TPSA) is 97.4 Å². The summed E-state index contributed by atoms with van der Waals surface area (Å²) in [5, 5.41) is 11.6. The molecule has 5 aromatic rings. The molecule has 0 aliphatic carbocycles. The summed E-state index contributed by atoms with van der Waals surface area (Å²) in [7, 11) is 0. The minimum absolute atomic E-state index is 0.0589. The van der Waals surface area contributed by atoms with E-state index in [1.54, 1.807) is 24.3 Å². The average Bonchev–Trinajstić information content (AvgIpc) is 3.55. The van der Waals surface area contributed by atoms with E-state index in [2.05, 4.69) is 15.8 Å². The molecule has 2 aromatic carbocycles. The number of thiophene rings is 1. The summed E-state index contributed by atoms with van der Waals surface area (Å²) in [6, 6.07) is 17.5. The molecule has 0 aliphatic heterocycles. The molecule has 32 heavy (non-hydrogen) atoms. The predicted octanol–water partition coefficient (Wildman–Crippen LogP) is 5.79. The molecule has 0 spiro atoms. The van der Waals surface area contributed by atoms with Gasteiger partial charge in [0, 0.05) is 17.1 Å². The highest BCUT2D eigenvalue weighted by Gasteiger charge is 2.24. The van der Waals surface area contributed by atoms with Crippen molar-refractivity contribution < 1.29 is 22.9 Å². The minimum atomic E-state index is -0.595. The van der Waals surface area contributed by atoms with Crippen molar-refractivity contribution in [1.29, 1.82) is 0 Å². The number of nitrogens with zero attached hydrogens (tertiary/aromatic N) is 1. The van der Waals surface area contributed by atoms with Gasteiger partial charge < -0.3 is 19.6 Å². The van der Waals surface area contributed by atoms with Gasteiger partial charge in [0.15, 0.2) is 11.5 Å². The van der Waals surface area contributed by atoms with Gasteiger partial charge in [-0.2, -0.15) is 0 Å². The Hall–Kier alpha value is -4.24. The quantitative estimate of drug-likeness (QED) is 0.355. The lowest BCUT2D eigenvalue weighted by Crippen LogP contribution is -2.17. The number of aromatic nitrogens is 1. The lowest BCUT2D eigenvalue weighted by molar-refractivity contribution is 0.0999. The Balaban J connectivity index is 1.45. The Bertz CT molecular complexity index is 1420. The van der Waals surface area contributed by atoms with E-state index in [-0.39, 0.29) is 17.1 Å². The molecule has 0 saturated carbocycles. The van der Waals surface area contributed by atoms with Crippen molar-refractivity contribution in [2.75, 3.05) is 10.6 Å². The van der Waals surface area contributed by atoms with E-state index in [9.17, 15) is 14.0 Å². The smallest absolute Gasteiger partial charge is 0.293 e. The number of carbonyl (C=O) groups excluding carboxylic acids is 2. The number of benzene rings is 2. The van der Waals surface area contributed by atoms with Crippen molar-refractivity contribution in [3.8, 4) is 10.6 Å². The molecule has 3 aromatic heterocycles. The second-order valence-electron chi connectivity index (χ2n) is 6.77. The molecule has 0 radical (unpaired) electrons. The third-order valence-corrected chi connectivity index (χ3v) is 5.53. The molecule has 9 heteroatoms. The van der Waals surface area contributed by atoms with Gasteiger partial charge in [-0.1, -0.05) is 23.4 Å². The van der Waals surface area contributed by atoms with Crippen molar-refractivity contribution in [2.24, 2.45) is 0 Å². The number of hydrogen-bond donors (Lipinski definition) is 2. The normalized spacial score (nSPS) is 10.9. The lowest BCUT2D eigenvalue weighted by atomic mass is 10.2. The Kier molecular flexibility index (Phi) is 5.00. The Labute approximate surface area is 184 Å². The summed E-state index contributed by atoms with van der Waals surface area (Å²) in [5.41, 5.74) is 1.06. The molecule has 0 aliphatic rings. The molecule has 0 atom stereocenters. The van der Waals surface area contributed by atoms with Crippen LogP contribution in [0.15, 0.2) is 81.1 Å². The predicted molar refractivity (Wildman–Crippen MR) is 118 cm³/mol. The van der Waals surface area contributed by atoms with E-state index in [1.165, 1.54) is 41.7 Å². The van der Waals surface area contributed by atoms with Crippen molar-refractivity contribution >= 4 is 45.5 Å². The molecular formula is C23H14FN3O4S. The van der Waals surface area contributed by atoms with Gasteiger partial charge in [0.25, 0.3) is 11.8 Å². The fraction of sp³-hybridized carbons (Fsp3) is 0. The van der Waals surface area contributed by atoms with Gasteiger partial charge in [-0.3, -0.25) is 9.59 Å². The van der Waals surface area contributed by atoms with Crippen molar-refractivity contribution in [3.63, 3.8) is 0 Å². The van der Waals surface area contributed by atoms with Crippen LogP contribution >= 0.6 is 11.3 Å². The molecule has 0 fully saturated rings.